The number of carbonyl (C=O) groups excluding carboxylic acids is 2. The number of benzene rings is 4. The number of rotatable bonds is 25. The van der Waals surface area contributed by atoms with Crippen LogP contribution in [0.15, 0.2) is 107 Å². The molecule has 0 aliphatic carbocycles. The van der Waals surface area contributed by atoms with Gasteiger partial charge in [0.05, 0.1) is 44.8 Å². The van der Waals surface area contributed by atoms with Gasteiger partial charge in [-0.15, -0.1) is 24.8 Å². The number of sulfonamides is 4. The van der Waals surface area contributed by atoms with Crippen molar-refractivity contribution in [1.29, 1.82) is 10.5 Å². The molecular formula is C63H84Cl2N18O12S4. The number of nitriles is 2. The molecule has 4 aromatic carbocycles. The molecule has 0 spiro atoms. The van der Waals surface area contributed by atoms with Crippen LogP contribution in [0.4, 0.5) is 39.4 Å². The summed E-state index contributed by atoms with van der Waals surface area (Å²) in [5.41, 5.74) is 9.51. The smallest absolute Gasteiger partial charge is 0.407 e. The van der Waals surface area contributed by atoms with E-state index in [4.69, 9.17) is 5.73 Å². The van der Waals surface area contributed by atoms with Crippen LogP contribution >= 0.6 is 24.8 Å². The van der Waals surface area contributed by atoms with Crippen molar-refractivity contribution in [2.45, 2.75) is 75.9 Å². The van der Waals surface area contributed by atoms with Gasteiger partial charge in [-0.05, 0) is 163 Å². The Kier molecular flexibility index (Phi) is 28.8. The van der Waals surface area contributed by atoms with Gasteiger partial charge in [-0.1, -0.05) is 12.1 Å². The summed E-state index contributed by atoms with van der Waals surface area (Å²) in [6, 6.07) is 28.5. The minimum absolute atomic E-state index is 0. The first-order valence-electron chi connectivity index (χ1n) is 30.7. The molecule has 0 saturated carbocycles. The van der Waals surface area contributed by atoms with Crippen molar-refractivity contribution < 1.29 is 53.2 Å². The Labute approximate surface area is 591 Å². The summed E-state index contributed by atoms with van der Waals surface area (Å²) in [7, 11) is -12.3. The van der Waals surface area contributed by atoms with Gasteiger partial charge in [0, 0.05) is 114 Å². The number of carboxylic acid groups (broad SMARTS) is 1. The molecule has 6 aromatic rings. The molecule has 0 bridgehead atoms. The second-order valence-corrected chi connectivity index (χ2v) is 31.9. The number of piperazine rings is 2. The third kappa shape index (κ3) is 21.8. The molecule has 30 nitrogen and oxygen atoms in total. The Morgan fingerprint density at radius 1 is 0.566 bits per heavy atom. The Bertz CT molecular complexity index is 4400. The lowest BCUT2D eigenvalue weighted by Crippen LogP contribution is -2.49. The largest absolute Gasteiger partial charge is 0.465 e. The molecule has 8 rings (SSSR count). The number of halogens is 2. The number of nitrogens with zero attached hydrogens (tertiary/aromatic N) is 13. The number of amides is 3. The fraction of sp³-hybridized carbons (Fsp3) is 0.413. The predicted molar refractivity (Wildman–Crippen MR) is 384 cm³/mol. The Hall–Kier alpha value is -8.39. The summed E-state index contributed by atoms with van der Waals surface area (Å²) in [6.45, 7) is 14.0. The van der Waals surface area contributed by atoms with Gasteiger partial charge >= 0.3 is 6.09 Å². The van der Waals surface area contributed by atoms with Crippen molar-refractivity contribution in [2.24, 2.45) is 5.73 Å². The van der Waals surface area contributed by atoms with Gasteiger partial charge in [-0.3, -0.25) is 18.2 Å². The first-order chi connectivity index (χ1) is 45.6. The maximum atomic E-state index is 13.6. The number of hydrogen-bond donors (Lipinski definition) is 6. The van der Waals surface area contributed by atoms with Gasteiger partial charge in [0.2, 0.25) is 52.0 Å². The summed E-state index contributed by atoms with van der Waals surface area (Å²) in [5, 5.41) is 39.9. The molecule has 2 saturated heterocycles. The van der Waals surface area contributed by atoms with E-state index in [0.29, 0.717) is 112 Å². The fourth-order valence-corrected chi connectivity index (χ4v) is 14.2. The Morgan fingerprint density at radius 3 is 1.25 bits per heavy atom. The quantitative estimate of drug-likeness (QED) is 0.0402. The van der Waals surface area contributed by atoms with Gasteiger partial charge in [-0.25, -0.2) is 58.4 Å². The molecule has 0 unspecified atom stereocenters. The molecule has 0 radical (unpaired) electrons. The zero-order valence-electron chi connectivity index (χ0n) is 56.3. The van der Waals surface area contributed by atoms with Crippen molar-refractivity contribution in [1.82, 2.24) is 44.1 Å². The highest BCUT2D eigenvalue weighted by Crippen LogP contribution is 2.29. The molecule has 3 amide bonds. The van der Waals surface area contributed by atoms with Crippen LogP contribution in [0.2, 0.25) is 0 Å². The van der Waals surface area contributed by atoms with Gasteiger partial charge in [0.15, 0.2) is 0 Å². The molecule has 2 fully saturated rings. The number of nitrogens with one attached hydrogen (secondary N) is 4. The summed E-state index contributed by atoms with van der Waals surface area (Å²) < 4.78 is 108. The van der Waals surface area contributed by atoms with Crippen molar-refractivity contribution in [3.8, 4) is 12.1 Å². The molecular weight excluding hydrogens is 1400 g/mol. The molecule has 7 N–H and O–H groups in total. The van der Waals surface area contributed by atoms with Crippen LogP contribution in [0.3, 0.4) is 0 Å². The third-order valence-corrected chi connectivity index (χ3v) is 21.9. The van der Waals surface area contributed by atoms with Crippen LogP contribution in [0, 0.1) is 36.5 Å². The highest BCUT2D eigenvalue weighted by atomic mass is 35.5. The van der Waals surface area contributed by atoms with E-state index in [1.165, 1.54) is 76.1 Å². The van der Waals surface area contributed by atoms with Gasteiger partial charge < -0.3 is 46.8 Å². The number of hydrogen-bond acceptors (Lipinski definition) is 22. The number of aromatic nitrogens is 4. The molecule has 536 valence electrons. The molecule has 2 aromatic heterocycles. The second-order valence-electron chi connectivity index (χ2n) is 24.0. The number of anilines is 6. The van der Waals surface area contributed by atoms with Crippen LogP contribution in [0.1, 0.15) is 88.2 Å². The fourth-order valence-electron chi connectivity index (χ4n) is 10.3. The minimum atomic E-state index is -3.87. The van der Waals surface area contributed by atoms with E-state index in [9.17, 15) is 63.7 Å². The maximum Gasteiger partial charge on any atom is 0.407 e. The second kappa shape index (κ2) is 35.1. The SMILES string of the molecule is Cc1cc(C#N)nc(N2CCN(S(=O)(=O)c3ccc(NC(=O)c4cc(CNCCCN(C(=O)O)C(C)(C)C)ccc4N(C)S(C)(=O)=O)cc3)CC2)n1.Cc1cc(C#N)nc(N2CCN(S(=O)(=O)c3ccc(NC(=O)c4cc(CNCCCN)ccc4N(C)S(C)(=O)=O)cc3)CC2)n1.Cl.Cl. The normalized spacial score (nSPS) is 13.8. The highest BCUT2D eigenvalue weighted by Gasteiger charge is 2.33. The maximum absolute atomic E-state index is 13.6. The monoisotopic (exact) mass is 1480 g/mol. The zero-order chi connectivity index (χ0) is 71.2. The van der Waals surface area contributed by atoms with E-state index in [-0.39, 0.29) is 94.7 Å². The standard InChI is InChI=1S/C34H45N9O7S2.C29H37N9O5S2.2ClH/c1-24-20-27(22-35)39-32(37-24)41-16-18-42(19-17-41)52(49,50)28-11-9-26(10-12-28)38-31(44)29-21-25(8-13-30(29)40(5)51(6,47)48)23-36-14-7-15-43(33(45)46)34(2,3)4;1-21-17-24(19-31)35-29(33-21)37-13-15-38(16-14-37)45(42,43)25-8-6-23(7-9-25)34-28(39)26-18-22(20-32-12-4-11-30)5-10-27(26)36(2)44(3,40)41;;/h8-13,20-21,36H,7,14-19,23H2,1-6H3,(H,38,44)(H,45,46);5-10,17-18,32H,4,11-16,20,30H2,1-3H3,(H,34,39);2*1H. The summed E-state index contributed by atoms with van der Waals surface area (Å²) in [5.74, 6) is -0.377. The van der Waals surface area contributed by atoms with E-state index < -0.39 is 63.5 Å². The molecule has 2 aliphatic rings. The lowest BCUT2D eigenvalue weighted by Gasteiger charge is -2.34. The van der Waals surface area contributed by atoms with E-state index >= 15 is 0 Å². The Morgan fingerprint density at radius 2 is 0.929 bits per heavy atom. The highest BCUT2D eigenvalue weighted by molar-refractivity contribution is 7.92. The van der Waals surface area contributed by atoms with Crippen LogP contribution in [0.5, 0.6) is 0 Å². The van der Waals surface area contributed by atoms with Gasteiger partial charge in [0.1, 0.15) is 23.5 Å². The lowest BCUT2D eigenvalue weighted by atomic mass is 10.1. The number of aryl methyl sites for hydroxylation is 2. The van der Waals surface area contributed by atoms with Gasteiger partial charge in [0.25, 0.3) is 11.8 Å². The first-order valence-corrected chi connectivity index (χ1v) is 37.3. The van der Waals surface area contributed by atoms with Crippen molar-refractivity contribution >= 4 is 117 Å². The van der Waals surface area contributed by atoms with Crippen LogP contribution in [-0.4, -0.2) is 201 Å². The van der Waals surface area contributed by atoms with Crippen molar-refractivity contribution in [3.05, 3.63) is 142 Å². The third-order valence-electron chi connectivity index (χ3n) is 15.7. The predicted octanol–water partition coefficient (Wildman–Crippen LogP) is 5.17. The average molecular weight is 1480 g/mol. The molecule has 36 heteroatoms. The van der Waals surface area contributed by atoms with E-state index in [1.54, 1.807) is 62.4 Å². The minimum Gasteiger partial charge on any atom is -0.465 e. The van der Waals surface area contributed by atoms with Crippen LogP contribution < -0.4 is 45.4 Å². The lowest BCUT2D eigenvalue weighted by molar-refractivity contribution is 0.0990. The average Bonchev–Trinajstić information content (AvgIpc) is 0.827. The molecule has 0 atom stereocenters. The summed E-state index contributed by atoms with van der Waals surface area (Å²) >= 11 is 0. The number of nitrogens with two attached hydrogens (primary N) is 1. The van der Waals surface area contributed by atoms with Crippen molar-refractivity contribution in [2.75, 3.05) is 134 Å². The zero-order valence-corrected chi connectivity index (χ0v) is 61.2. The van der Waals surface area contributed by atoms with E-state index in [1.807, 2.05) is 42.7 Å². The number of carbonyl (C=O) groups is 3. The van der Waals surface area contributed by atoms with E-state index in [2.05, 4.69) is 41.2 Å². The Balaban J connectivity index is 0.000000353. The van der Waals surface area contributed by atoms with Crippen LogP contribution in [-0.2, 0) is 53.2 Å². The van der Waals surface area contributed by atoms with Gasteiger partial charge in [-0.2, -0.15) is 19.1 Å². The molecule has 4 heterocycles. The first kappa shape index (κ1) is 81.3. The molecule has 2 aliphatic heterocycles. The molecule has 99 heavy (non-hydrogen) atoms. The van der Waals surface area contributed by atoms with Crippen LogP contribution in [0.25, 0.3) is 0 Å². The summed E-state index contributed by atoms with van der Waals surface area (Å²) in [6.07, 6.45) is 2.43. The summed E-state index contributed by atoms with van der Waals surface area (Å²) in [4.78, 5) is 61.0. The van der Waals surface area contributed by atoms with E-state index in [0.717, 1.165) is 33.1 Å². The van der Waals surface area contributed by atoms with Crippen molar-refractivity contribution in [3.63, 3.8) is 0 Å². The topological polar surface area (TPSA) is 404 Å².